The Bertz CT molecular complexity index is 656. The Morgan fingerprint density at radius 2 is 2.12 bits per heavy atom. The van der Waals surface area contributed by atoms with Gasteiger partial charge in [0.1, 0.15) is 5.75 Å². The number of aryl methyl sites for hydroxylation is 1. The Morgan fingerprint density at radius 3 is 2.75 bits per heavy atom. The summed E-state index contributed by atoms with van der Waals surface area (Å²) < 4.78 is 7.21. The van der Waals surface area contributed by atoms with Gasteiger partial charge in [-0.1, -0.05) is 18.2 Å². The molecule has 0 saturated carbocycles. The highest BCUT2D eigenvalue weighted by molar-refractivity contribution is 14.0. The lowest BCUT2D eigenvalue weighted by molar-refractivity contribution is 0.396. The van der Waals surface area contributed by atoms with E-state index < -0.39 is 0 Å². The fourth-order valence-corrected chi connectivity index (χ4v) is 2.35. The molecule has 132 valence electrons. The molecule has 0 saturated heterocycles. The summed E-state index contributed by atoms with van der Waals surface area (Å²) in [6.45, 7) is 4.22. The third-order valence-corrected chi connectivity index (χ3v) is 3.47. The highest BCUT2D eigenvalue weighted by Gasteiger charge is 2.10. The number of aliphatic imine (C=N–C) groups is 1. The largest absolute Gasteiger partial charge is 0.496 e. The number of nitrogens with zero attached hydrogens (tertiary/aromatic N) is 4. The van der Waals surface area contributed by atoms with Crippen molar-refractivity contribution in [1.82, 2.24) is 20.0 Å². The molecular formula is C17H26IN5O. The molecule has 1 heterocycles. The quantitative estimate of drug-likeness (QED) is 0.424. The summed E-state index contributed by atoms with van der Waals surface area (Å²) >= 11 is 0. The van der Waals surface area contributed by atoms with Gasteiger partial charge in [0, 0.05) is 44.5 Å². The Morgan fingerprint density at radius 1 is 1.38 bits per heavy atom. The first-order chi connectivity index (χ1) is 11.1. The van der Waals surface area contributed by atoms with Crippen LogP contribution in [0.2, 0.25) is 0 Å². The van der Waals surface area contributed by atoms with Crippen molar-refractivity contribution >= 4 is 29.9 Å². The predicted octanol–water partition coefficient (Wildman–Crippen LogP) is 2.64. The normalized spacial score (nSPS) is 10.9. The number of methoxy groups -OCH3 is 1. The molecule has 0 aliphatic heterocycles. The van der Waals surface area contributed by atoms with Gasteiger partial charge in [-0.2, -0.15) is 5.10 Å². The Hall–Kier alpha value is -1.77. The molecule has 1 aromatic carbocycles. The summed E-state index contributed by atoms with van der Waals surface area (Å²) in [6, 6.07) is 8.04. The second-order valence-electron chi connectivity index (χ2n) is 5.36. The van der Waals surface area contributed by atoms with Crippen LogP contribution < -0.4 is 10.1 Å². The minimum absolute atomic E-state index is 0. The second-order valence-corrected chi connectivity index (χ2v) is 5.36. The summed E-state index contributed by atoms with van der Waals surface area (Å²) in [7, 11) is 5.63. The number of nitrogens with one attached hydrogen (secondary N) is 1. The number of halogens is 1. The predicted molar refractivity (Wildman–Crippen MR) is 108 cm³/mol. The van der Waals surface area contributed by atoms with E-state index in [9.17, 15) is 0 Å². The van der Waals surface area contributed by atoms with Crippen molar-refractivity contribution in [2.75, 3.05) is 20.7 Å². The smallest absolute Gasteiger partial charge is 0.194 e. The molecule has 2 aromatic rings. The number of ether oxygens (including phenoxy) is 1. The highest BCUT2D eigenvalue weighted by atomic mass is 127. The summed E-state index contributed by atoms with van der Waals surface area (Å²) in [5.74, 6) is 1.75. The monoisotopic (exact) mass is 443 g/mol. The fourth-order valence-electron chi connectivity index (χ4n) is 2.35. The zero-order valence-corrected chi connectivity index (χ0v) is 17.0. The van der Waals surface area contributed by atoms with Gasteiger partial charge in [-0.05, 0) is 13.0 Å². The molecule has 24 heavy (non-hydrogen) atoms. The molecule has 1 N–H and O–H groups in total. The standard InChI is InChI=1S/C17H25N5O.HI/c1-5-18-17(19-10-14-11-20-22(3)12-14)21(2)13-15-8-6-7-9-16(15)23-4;/h6-9,11-12H,5,10,13H2,1-4H3,(H,18,19);1H. The number of guanidine groups is 1. The van der Waals surface area contributed by atoms with Crippen molar-refractivity contribution in [3.63, 3.8) is 0 Å². The summed E-state index contributed by atoms with van der Waals surface area (Å²) in [4.78, 5) is 6.78. The van der Waals surface area contributed by atoms with Gasteiger partial charge in [0.05, 0.1) is 19.9 Å². The van der Waals surface area contributed by atoms with Gasteiger partial charge in [-0.25, -0.2) is 4.99 Å². The van der Waals surface area contributed by atoms with E-state index in [1.54, 1.807) is 11.8 Å². The molecule has 0 aliphatic rings. The van der Waals surface area contributed by atoms with E-state index >= 15 is 0 Å². The highest BCUT2D eigenvalue weighted by Crippen LogP contribution is 2.18. The van der Waals surface area contributed by atoms with Gasteiger partial charge in [-0.3, -0.25) is 4.68 Å². The molecular weight excluding hydrogens is 417 g/mol. The Balaban J connectivity index is 0.00000288. The number of hydrogen-bond donors (Lipinski definition) is 1. The van der Waals surface area contributed by atoms with Gasteiger partial charge in [0.2, 0.25) is 0 Å². The van der Waals surface area contributed by atoms with Crippen LogP contribution in [0.4, 0.5) is 0 Å². The molecule has 0 amide bonds. The van der Waals surface area contributed by atoms with Crippen molar-refractivity contribution in [3.05, 3.63) is 47.8 Å². The first-order valence-corrected chi connectivity index (χ1v) is 7.73. The number of rotatable bonds is 6. The van der Waals surface area contributed by atoms with Gasteiger partial charge < -0.3 is 15.0 Å². The van der Waals surface area contributed by atoms with Crippen LogP contribution in [0.25, 0.3) is 0 Å². The summed E-state index contributed by atoms with van der Waals surface area (Å²) in [6.07, 6.45) is 3.82. The van der Waals surface area contributed by atoms with Crippen LogP contribution in [-0.2, 0) is 20.1 Å². The van der Waals surface area contributed by atoms with Crippen LogP contribution in [0.5, 0.6) is 5.75 Å². The van der Waals surface area contributed by atoms with Crippen molar-refractivity contribution < 1.29 is 4.74 Å². The summed E-state index contributed by atoms with van der Waals surface area (Å²) in [5.41, 5.74) is 2.22. The van der Waals surface area contributed by atoms with E-state index in [1.165, 1.54) is 0 Å². The van der Waals surface area contributed by atoms with E-state index in [2.05, 4.69) is 33.3 Å². The SMILES string of the molecule is CCNC(=NCc1cnn(C)c1)N(C)Cc1ccccc1OC.I. The van der Waals surface area contributed by atoms with Crippen LogP contribution in [0.3, 0.4) is 0 Å². The van der Waals surface area contributed by atoms with Crippen molar-refractivity contribution in [1.29, 1.82) is 0 Å². The first kappa shape index (κ1) is 20.3. The van der Waals surface area contributed by atoms with E-state index in [1.807, 2.05) is 44.7 Å². The zero-order valence-electron chi connectivity index (χ0n) is 14.7. The van der Waals surface area contributed by atoms with Crippen LogP contribution in [0, 0.1) is 0 Å². The maximum atomic E-state index is 5.42. The molecule has 7 heteroatoms. The maximum Gasteiger partial charge on any atom is 0.194 e. The lowest BCUT2D eigenvalue weighted by atomic mass is 10.2. The van der Waals surface area contributed by atoms with Crippen LogP contribution >= 0.6 is 24.0 Å². The van der Waals surface area contributed by atoms with Crippen LogP contribution in [0.1, 0.15) is 18.1 Å². The van der Waals surface area contributed by atoms with E-state index in [0.29, 0.717) is 6.54 Å². The molecule has 6 nitrogen and oxygen atoms in total. The van der Waals surface area contributed by atoms with E-state index in [4.69, 9.17) is 4.74 Å². The molecule has 0 spiro atoms. The van der Waals surface area contributed by atoms with Gasteiger partial charge in [0.25, 0.3) is 0 Å². The molecule has 0 fully saturated rings. The lowest BCUT2D eigenvalue weighted by Gasteiger charge is -2.23. The van der Waals surface area contributed by atoms with Crippen molar-refractivity contribution in [2.45, 2.75) is 20.0 Å². The van der Waals surface area contributed by atoms with Crippen molar-refractivity contribution in [3.8, 4) is 5.75 Å². The third kappa shape index (κ3) is 5.70. The number of hydrogen-bond acceptors (Lipinski definition) is 3. The van der Waals surface area contributed by atoms with Gasteiger partial charge >= 0.3 is 0 Å². The second kappa shape index (κ2) is 10.2. The average molecular weight is 443 g/mol. The van der Waals surface area contributed by atoms with Crippen molar-refractivity contribution in [2.24, 2.45) is 12.0 Å². The molecule has 0 atom stereocenters. The first-order valence-electron chi connectivity index (χ1n) is 7.73. The minimum atomic E-state index is 0. The Kier molecular flexibility index (Phi) is 8.59. The molecule has 2 rings (SSSR count). The van der Waals surface area contributed by atoms with Gasteiger partial charge in [0.15, 0.2) is 5.96 Å². The number of benzene rings is 1. The van der Waals surface area contributed by atoms with Gasteiger partial charge in [-0.15, -0.1) is 24.0 Å². The lowest BCUT2D eigenvalue weighted by Crippen LogP contribution is -2.38. The topological polar surface area (TPSA) is 54.7 Å². The fraction of sp³-hybridized carbons (Fsp3) is 0.412. The molecule has 1 aromatic heterocycles. The minimum Gasteiger partial charge on any atom is -0.496 e. The molecule has 0 unspecified atom stereocenters. The van der Waals surface area contributed by atoms with E-state index in [0.717, 1.165) is 35.9 Å². The average Bonchev–Trinajstić information content (AvgIpc) is 2.97. The molecule has 0 aliphatic carbocycles. The molecule has 0 radical (unpaired) electrons. The zero-order chi connectivity index (χ0) is 16.7. The van der Waals surface area contributed by atoms with Crippen LogP contribution in [-0.4, -0.2) is 41.3 Å². The number of aromatic nitrogens is 2. The maximum absolute atomic E-state index is 5.42. The van der Waals surface area contributed by atoms with Crippen LogP contribution in [0.15, 0.2) is 41.7 Å². The Labute approximate surface area is 160 Å². The third-order valence-electron chi connectivity index (χ3n) is 3.47. The van der Waals surface area contributed by atoms with E-state index in [-0.39, 0.29) is 24.0 Å². The number of para-hydroxylation sites is 1. The summed E-state index contributed by atoms with van der Waals surface area (Å²) in [5, 5.41) is 7.50. The molecule has 0 bridgehead atoms.